The molecule has 7 heteroatoms. The molecular formula is C20H27N5O2. The summed E-state index contributed by atoms with van der Waals surface area (Å²) >= 11 is 0. The van der Waals surface area contributed by atoms with Crippen molar-refractivity contribution in [1.29, 1.82) is 0 Å². The van der Waals surface area contributed by atoms with Crippen LogP contribution in [0.15, 0.2) is 18.5 Å². The van der Waals surface area contributed by atoms with E-state index in [9.17, 15) is 9.59 Å². The molecule has 0 N–H and O–H groups in total. The zero-order valence-electron chi connectivity index (χ0n) is 16.1. The molecule has 2 aliphatic heterocycles. The van der Waals surface area contributed by atoms with Gasteiger partial charge in [0.2, 0.25) is 5.91 Å². The van der Waals surface area contributed by atoms with E-state index in [1.807, 2.05) is 51.5 Å². The van der Waals surface area contributed by atoms with Crippen LogP contribution in [0, 0.1) is 0 Å². The quantitative estimate of drug-likeness (QED) is 0.822. The van der Waals surface area contributed by atoms with Gasteiger partial charge in [-0.2, -0.15) is 5.10 Å². The lowest BCUT2D eigenvalue weighted by molar-refractivity contribution is -0.131. The Balaban J connectivity index is 1.56. The molecule has 2 aromatic heterocycles. The number of aromatic nitrogens is 3. The Kier molecular flexibility index (Phi) is 4.76. The van der Waals surface area contributed by atoms with Crippen molar-refractivity contribution in [3.8, 4) is 0 Å². The Morgan fingerprint density at radius 1 is 1.15 bits per heavy atom. The monoisotopic (exact) mass is 369 g/mol. The van der Waals surface area contributed by atoms with Gasteiger partial charge in [-0.25, -0.2) is 0 Å². The number of fused-ring (bicyclic) bond motifs is 1. The summed E-state index contributed by atoms with van der Waals surface area (Å²) < 4.78 is 3.90. The Morgan fingerprint density at radius 3 is 2.59 bits per heavy atom. The van der Waals surface area contributed by atoms with E-state index in [4.69, 9.17) is 0 Å². The zero-order chi connectivity index (χ0) is 19.0. The van der Waals surface area contributed by atoms with Gasteiger partial charge < -0.3 is 14.4 Å². The van der Waals surface area contributed by atoms with Gasteiger partial charge in [-0.3, -0.25) is 14.3 Å². The molecule has 4 rings (SSSR count). The highest BCUT2D eigenvalue weighted by Gasteiger charge is 2.32. The van der Waals surface area contributed by atoms with Crippen molar-refractivity contribution in [1.82, 2.24) is 24.1 Å². The van der Waals surface area contributed by atoms with Crippen molar-refractivity contribution in [3.05, 3.63) is 41.0 Å². The highest BCUT2D eigenvalue weighted by Crippen LogP contribution is 2.25. The highest BCUT2D eigenvalue weighted by molar-refractivity contribution is 5.94. The molecule has 4 heterocycles. The Hall–Kier alpha value is -2.57. The van der Waals surface area contributed by atoms with Crippen LogP contribution < -0.4 is 0 Å². The third kappa shape index (κ3) is 3.38. The summed E-state index contributed by atoms with van der Waals surface area (Å²) in [5.41, 5.74) is 3.63. The lowest BCUT2D eigenvalue weighted by Gasteiger charge is -2.28. The standard InChI is InChI=1S/C20H27N5O2/c1-3-25-17-7-11-24(18(26)12-15-6-10-22(2)13-15)14-16(17)19(21-25)20(27)23-8-4-5-9-23/h6,10,13H,3-5,7-9,11-12,14H2,1-2H3. The van der Waals surface area contributed by atoms with Gasteiger partial charge in [0.15, 0.2) is 5.69 Å². The van der Waals surface area contributed by atoms with E-state index >= 15 is 0 Å². The summed E-state index contributed by atoms with van der Waals surface area (Å²) in [6.07, 6.45) is 7.20. The largest absolute Gasteiger partial charge is 0.357 e. The molecule has 1 fully saturated rings. The third-order valence-electron chi connectivity index (χ3n) is 5.63. The van der Waals surface area contributed by atoms with Crippen LogP contribution in [0.25, 0.3) is 0 Å². The van der Waals surface area contributed by atoms with Crippen LogP contribution in [0.5, 0.6) is 0 Å². The molecule has 144 valence electrons. The molecule has 0 aromatic carbocycles. The van der Waals surface area contributed by atoms with Crippen molar-refractivity contribution in [2.75, 3.05) is 19.6 Å². The fraction of sp³-hybridized carbons (Fsp3) is 0.550. The predicted octanol–water partition coefficient (Wildman–Crippen LogP) is 1.60. The predicted molar refractivity (Wildman–Crippen MR) is 101 cm³/mol. The zero-order valence-corrected chi connectivity index (χ0v) is 16.1. The van der Waals surface area contributed by atoms with E-state index in [-0.39, 0.29) is 11.8 Å². The van der Waals surface area contributed by atoms with Crippen LogP contribution in [0.1, 0.15) is 47.1 Å². The van der Waals surface area contributed by atoms with Crippen molar-refractivity contribution >= 4 is 11.8 Å². The minimum Gasteiger partial charge on any atom is -0.357 e. The normalized spacial score (nSPS) is 16.7. The first kappa shape index (κ1) is 17.8. The van der Waals surface area contributed by atoms with E-state index in [0.717, 1.165) is 55.7 Å². The number of hydrogen-bond donors (Lipinski definition) is 0. The van der Waals surface area contributed by atoms with Crippen LogP contribution in [0.3, 0.4) is 0 Å². The van der Waals surface area contributed by atoms with E-state index in [0.29, 0.717) is 25.2 Å². The molecule has 27 heavy (non-hydrogen) atoms. The van der Waals surface area contributed by atoms with Crippen LogP contribution in [0.2, 0.25) is 0 Å². The molecule has 7 nitrogen and oxygen atoms in total. The molecule has 1 saturated heterocycles. The summed E-state index contributed by atoms with van der Waals surface area (Å²) in [7, 11) is 1.95. The average molecular weight is 369 g/mol. The van der Waals surface area contributed by atoms with E-state index in [1.54, 1.807) is 0 Å². The van der Waals surface area contributed by atoms with Gasteiger partial charge in [0, 0.05) is 69.8 Å². The fourth-order valence-corrected chi connectivity index (χ4v) is 4.16. The molecule has 0 saturated carbocycles. The van der Waals surface area contributed by atoms with Crippen molar-refractivity contribution in [3.63, 3.8) is 0 Å². The summed E-state index contributed by atoms with van der Waals surface area (Å²) in [6, 6.07) is 1.98. The summed E-state index contributed by atoms with van der Waals surface area (Å²) in [6.45, 7) is 5.57. The Bertz CT molecular complexity index is 860. The Morgan fingerprint density at radius 2 is 1.93 bits per heavy atom. The van der Waals surface area contributed by atoms with Crippen LogP contribution in [-0.2, 0) is 37.8 Å². The van der Waals surface area contributed by atoms with Gasteiger partial charge in [-0.15, -0.1) is 0 Å². The summed E-state index contributed by atoms with van der Waals surface area (Å²) in [5.74, 6) is 0.129. The smallest absolute Gasteiger partial charge is 0.274 e. The number of hydrogen-bond acceptors (Lipinski definition) is 3. The lowest BCUT2D eigenvalue weighted by atomic mass is 10.0. The number of amides is 2. The first-order valence-electron chi connectivity index (χ1n) is 9.83. The number of likely N-dealkylation sites (tertiary alicyclic amines) is 1. The molecule has 0 atom stereocenters. The van der Waals surface area contributed by atoms with Gasteiger partial charge in [0.25, 0.3) is 5.91 Å². The first-order valence-corrected chi connectivity index (χ1v) is 9.83. The maximum Gasteiger partial charge on any atom is 0.274 e. The molecular weight excluding hydrogens is 342 g/mol. The molecule has 0 unspecified atom stereocenters. The number of carbonyl (C=O) groups is 2. The number of aryl methyl sites for hydroxylation is 2. The van der Waals surface area contributed by atoms with Crippen LogP contribution >= 0.6 is 0 Å². The summed E-state index contributed by atoms with van der Waals surface area (Å²) in [5, 5.41) is 4.62. The maximum atomic E-state index is 13.0. The average Bonchev–Trinajstić information content (AvgIpc) is 3.40. The lowest BCUT2D eigenvalue weighted by Crippen LogP contribution is -2.38. The third-order valence-corrected chi connectivity index (χ3v) is 5.63. The molecule has 0 aliphatic carbocycles. The minimum absolute atomic E-state index is 0.0216. The molecule has 0 spiro atoms. The van der Waals surface area contributed by atoms with Gasteiger partial charge in [-0.05, 0) is 31.4 Å². The van der Waals surface area contributed by atoms with Crippen molar-refractivity contribution in [2.45, 2.75) is 45.7 Å². The van der Waals surface area contributed by atoms with E-state index < -0.39 is 0 Å². The number of rotatable bonds is 4. The number of nitrogens with zero attached hydrogens (tertiary/aromatic N) is 5. The highest BCUT2D eigenvalue weighted by atomic mass is 16.2. The summed E-state index contributed by atoms with van der Waals surface area (Å²) in [4.78, 5) is 29.5. The van der Waals surface area contributed by atoms with E-state index in [1.165, 1.54) is 0 Å². The fourth-order valence-electron chi connectivity index (χ4n) is 4.16. The van der Waals surface area contributed by atoms with Gasteiger partial charge >= 0.3 is 0 Å². The van der Waals surface area contributed by atoms with Gasteiger partial charge in [-0.1, -0.05) is 0 Å². The van der Waals surface area contributed by atoms with Crippen LogP contribution in [-0.4, -0.2) is 55.6 Å². The second-order valence-electron chi connectivity index (χ2n) is 7.52. The SMILES string of the molecule is CCn1nc(C(=O)N2CCCC2)c2c1CCN(C(=O)Cc1ccn(C)c1)C2. The second kappa shape index (κ2) is 7.21. The van der Waals surface area contributed by atoms with Crippen molar-refractivity contribution in [2.24, 2.45) is 7.05 Å². The second-order valence-corrected chi connectivity index (χ2v) is 7.52. The maximum absolute atomic E-state index is 13.0. The molecule has 0 bridgehead atoms. The Labute approximate surface area is 159 Å². The molecule has 2 aliphatic rings. The van der Waals surface area contributed by atoms with Crippen molar-refractivity contribution < 1.29 is 9.59 Å². The minimum atomic E-state index is 0.0216. The molecule has 2 aromatic rings. The molecule has 2 amide bonds. The first-order chi connectivity index (χ1) is 13.1. The van der Waals surface area contributed by atoms with Gasteiger partial charge in [0.1, 0.15) is 0 Å². The van der Waals surface area contributed by atoms with Crippen LogP contribution in [0.4, 0.5) is 0 Å². The molecule has 0 radical (unpaired) electrons. The number of carbonyl (C=O) groups excluding carboxylic acids is 2. The van der Waals surface area contributed by atoms with Gasteiger partial charge in [0.05, 0.1) is 6.42 Å². The van der Waals surface area contributed by atoms with E-state index in [2.05, 4.69) is 5.10 Å². The topological polar surface area (TPSA) is 63.4 Å².